The number of hydrogen-bond donors (Lipinski definition) is 0. The van der Waals surface area contributed by atoms with Gasteiger partial charge in [0.2, 0.25) is 11.8 Å². The molecule has 0 aliphatic carbocycles. The van der Waals surface area contributed by atoms with Crippen LogP contribution in [0.1, 0.15) is 18.9 Å². The van der Waals surface area contributed by atoms with Gasteiger partial charge in [-0.15, -0.1) is 0 Å². The van der Waals surface area contributed by atoms with E-state index in [4.69, 9.17) is 9.47 Å². The van der Waals surface area contributed by atoms with E-state index in [0.717, 1.165) is 5.56 Å². The van der Waals surface area contributed by atoms with E-state index >= 15 is 0 Å². The van der Waals surface area contributed by atoms with Crippen molar-refractivity contribution >= 4 is 17.5 Å². The van der Waals surface area contributed by atoms with Crippen LogP contribution < -0.4 is 14.4 Å². The molecular weight excluding hydrogens is 375 g/mol. The molecule has 0 aromatic heterocycles. The third kappa shape index (κ3) is 3.90. The van der Waals surface area contributed by atoms with Crippen molar-refractivity contribution in [3.8, 4) is 11.5 Å². The van der Waals surface area contributed by atoms with E-state index in [0.29, 0.717) is 37.8 Å². The number of benzene rings is 2. The summed E-state index contributed by atoms with van der Waals surface area (Å²) in [6.45, 7) is 4.05. The summed E-state index contributed by atoms with van der Waals surface area (Å²) in [5, 5.41) is 0. The van der Waals surface area contributed by atoms with Gasteiger partial charge < -0.3 is 19.3 Å². The van der Waals surface area contributed by atoms with Crippen molar-refractivity contribution in [3.05, 3.63) is 53.8 Å². The number of ether oxygens (including phenoxy) is 2. The molecule has 1 atom stereocenters. The summed E-state index contributed by atoms with van der Waals surface area (Å²) in [4.78, 5) is 28.6. The smallest absolute Gasteiger partial charge is 0.228 e. The Morgan fingerprint density at radius 1 is 1.17 bits per heavy atom. The number of nitrogens with zero attached hydrogens (tertiary/aromatic N) is 2. The van der Waals surface area contributed by atoms with E-state index in [9.17, 15) is 14.0 Å². The molecule has 2 heterocycles. The lowest BCUT2D eigenvalue weighted by Crippen LogP contribution is -2.37. The van der Waals surface area contributed by atoms with Gasteiger partial charge in [0.25, 0.3) is 0 Å². The van der Waals surface area contributed by atoms with Crippen LogP contribution in [0, 0.1) is 11.7 Å². The lowest BCUT2D eigenvalue weighted by Gasteiger charge is -2.25. The second kappa shape index (κ2) is 8.11. The number of halogens is 1. The van der Waals surface area contributed by atoms with E-state index in [1.165, 1.54) is 11.0 Å². The Morgan fingerprint density at radius 3 is 2.69 bits per heavy atom. The number of hydrogen-bond acceptors (Lipinski definition) is 4. The van der Waals surface area contributed by atoms with Gasteiger partial charge in [0.1, 0.15) is 19.0 Å². The molecule has 29 heavy (non-hydrogen) atoms. The van der Waals surface area contributed by atoms with Crippen LogP contribution in [-0.4, -0.2) is 43.0 Å². The molecule has 7 heteroatoms. The summed E-state index contributed by atoms with van der Waals surface area (Å²) in [7, 11) is 0. The summed E-state index contributed by atoms with van der Waals surface area (Å²) < 4.78 is 25.2. The number of carbonyl (C=O) groups excluding carboxylic acids is 2. The number of carbonyl (C=O) groups is 2. The van der Waals surface area contributed by atoms with Gasteiger partial charge in [-0.2, -0.15) is 0 Å². The molecule has 0 N–H and O–H groups in total. The van der Waals surface area contributed by atoms with Crippen LogP contribution in [0.3, 0.4) is 0 Å². The van der Waals surface area contributed by atoms with Gasteiger partial charge in [-0.05, 0) is 36.8 Å². The average molecular weight is 398 g/mol. The molecule has 0 bridgehead atoms. The van der Waals surface area contributed by atoms with Crippen LogP contribution in [0.5, 0.6) is 11.5 Å². The standard InChI is InChI=1S/C22H23FN2O4/c1-2-24(13-15-7-8-19-20(11-15)29-10-9-28-19)22(27)16-12-21(26)25(14-16)18-6-4-3-5-17(18)23/h3-8,11,16H,2,9-10,12-14H2,1H3. The predicted molar refractivity (Wildman–Crippen MR) is 105 cm³/mol. The van der Waals surface area contributed by atoms with Gasteiger partial charge in [-0.25, -0.2) is 4.39 Å². The zero-order chi connectivity index (χ0) is 20.4. The highest BCUT2D eigenvalue weighted by Gasteiger charge is 2.37. The maximum absolute atomic E-state index is 14.1. The molecule has 2 aromatic carbocycles. The SMILES string of the molecule is CCN(Cc1ccc2c(c1)OCCO2)C(=O)C1CC(=O)N(c2ccccc2F)C1. The zero-order valence-corrected chi connectivity index (χ0v) is 16.3. The van der Waals surface area contributed by atoms with Gasteiger partial charge >= 0.3 is 0 Å². The first kappa shape index (κ1) is 19.2. The van der Waals surface area contributed by atoms with E-state index in [-0.39, 0.29) is 30.5 Å². The molecule has 2 aliphatic rings. The minimum Gasteiger partial charge on any atom is -0.486 e. The molecular formula is C22H23FN2O4. The van der Waals surface area contributed by atoms with Crippen LogP contribution in [0.4, 0.5) is 10.1 Å². The monoisotopic (exact) mass is 398 g/mol. The van der Waals surface area contributed by atoms with E-state index < -0.39 is 11.7 Å². The fourth-order valence-corrected chi connectivity index (χ4v) is 3.79. The van der Waals surface area contributed by atoms with Crippen molar-refractivity contribution in [2.24, 2.45) is 5.92 Å². The van der Waals surface area contributed by atoms with Crippen LogP contribution in [0.15, 0.2) is 42.5 Å². The van der Waals surface area contributed by atoms with Crippen LogP contribution in [-0.2, 0) is 16.1 Å². The molecule has 2 amide bonds. The second-order valence-electron chi connectivity index (χ2n) is 7.19. The summed E-state index contributed by atoms with van der Waals surface area (Å²) in [5.41, 5.74) is 1.16. The molecule has 1 saturated heterocycles. The quantitative estimate of drug-likeness (QED) is 0.777. The minimum absolute atomic E-state index is 0.0881. The molecule has 2 aliphatic heterocycles. The Hall–Kier alpha value is -3.09. The molecule has 1 unspecified atom stereocenters. The predicted octanol–water partition coefficient (Wildman–Crippen LogP) is 3.00. The highest BCUT2D eigenvalue weighted by molar-refractivity contribution is 6.00. The van der Waals surface area contributed by atoms with Crippen molar-refractivity contribution in [2.45, 2.75) is 19.9 Å². The number of anilines is 1. The molecule has 0 spiro atoms. The molecule has 152 valence electrons. The molecule has 6 nitrogen and oxygen atoms in total. The number of para-hydroxylation sites is 1. The lowest BCUT2D eigenvalue weighted by molar-refractivity contribution is -0.136. The average Bonchev–Trinajstić information content (AvgIpc) is 3.13. The highest BCUT2D eigenvalue weighted by atomic mass is 19.1. The number of fused-ring (bicyclic) bond motifs is 1. The maximum atomic E-state index is 14.1. The molecule has 0 radical (unpaired) electrons. The largest absolute Gasteiger partial charge is 0.486 e. The van der Waals surface area contributed by atoms with Crippen molar-refractivity contribution in [3.63, 3.8) is 0 Å². The summed E-state index contributed by atoms with van der Waals surface area (Å²) in [6.07, 6.45) is 0.0881. The first-order valence-electron chi connectivity index (χ1n) is 9.79. The first-order valence-corrected chi connectivity index (χ1v) is 9.79. The minimum atomic E-state index is -0.487. The lowest BCUT2D eigenvalue weighted by atomic mass is 10.1. The summed E-state index contributed by atoms with van der Waals surface area (Å²) >= 11 is 0. The van der Waals surface area contributed by atoms with E-state index in [2.05, 4.69) is 0 Å². The third-order valence-electron chi connectivity index (χ3n) is 5.29. The Morgan fingerprint density at radius 2 is 1.93 bits per heavy atom. The van der Waals surface area contributed by atoms with Gasteiger partial charge in [0.15, 0.2) is 11.5 Å². The van der Waals surface area contributed by atoms with Gasteiger partial charge in [0.05, 0.1) is 11.6 Å². The highest BCUT2D eigenvalue weighted by Crippen LogP contribution is 2.32. The van der Waals surface area contributed by atoms with Crippen molar-refractivity contribution in [2.75, 3.05) is 31.2 Å². The van der Waals surface area contributed by atoms with Crippen molar-refractivity contribution in [1.29, 1.82) is 0 Å². The topological polar surface area (TPSA) is 59.1 Å². The fourth-order valence-electron chi connectivity index (χ4n) is 3.79. The molecule has 1 fully saturated rings. The zero-order valence-electron chi connectivity index (χ0n) is 16.3. The maximum Gasteiger partial charge on any atom is 0.228 e. The van der Waals surface area contributed by atoms with Crippen molar-refractivity contribution < 1.29 is 23.5 Å². The van der Waals surface area contributed by atoms with Gasteiger partial charge in [-0.1, -0.05) is 18.2 Å². The molecule has 4 rings (SSSR count). The Labute approximate surface area is 168 Å². The first-order chi connectivity index (χ1) is 14.1. The van der Waals surface area contributed by atoms with Crippen molar-refractivity contribution in [1.82, 2.24) is 4.90 Å². The van der Waals surface area contributed by atoms with E-state index in [1.54, 1.807) is 23.1 Å². The number of amides is 2. The number of rotatable bonds is 5. The van der Waals surface area contributed by atoms with Crippen LogP contribution in [0.25, 0.3) is 0 Å². The molecule has 2 aromatic rings. The molecule has 0 saturated carbocycles. The Kier molecular flexibility index (Phi) is 5.38. The summed E-state index contributed by atoms with van der Waals surface area (Å²) in [6, 6.07) is 11.8. The summed E-state index contributed by atoms with van der Waals surface area (Å²) in [5.74, 6) is 0.102. The Bertz CT molecular complexity index is 933. The normalized spacial score (nSPS) is 18.1. The van der Waals surface area contributed by atoms with E-state index in [1.807, 2.05) is 25.1 Å². The Balaban J connectivity index is 1.46. The fraction of sp³-hybridized carbons (Fsp3) is 0.364. The third-order valence-corrected chi connectivity index (χ3v) is 5.29. The van der Waals surface area contributed by atoms with Crippen LogP contribution in [0.2, 0.25) is 0 Å². The second-order valence-corrected chi connectivity index (χ2v) is 7.19. The van der Waals surface area contributed by atoms with Crippen LogP contribution >= 0.6 is 0 Å². The van der Waals surface area contributed by atoms with Gasteiger partial charge in [0, 0.05) is 26.1 Å². The van der Waals surface area contributed by atoms with Gasteiger partial charge in [-0.3, -0.25) is 9.59 Å².